The molecule has 1 nitrogen and oxygen atoms in total. The minimum absolute atomic E-state index is 0.109. The van der Waals surface area contributed by atoms with Crippen molar-refractivity contribution in [3.63, 3.8) is 0 Å². The van der Waals surface area contributed by atoms with Gasteiger partial charge in [-0.05, 0) is 0 Å². The zero-order chi connectivity index (χ0) is 7.78. The van der Waals surface area contributed by atoms with Crippen LogP contribution in [-0.4, -0.2) is 5.11 Å². The molecule has 1 aromatic rings. The first-order chi connectivity index (χ1) is 4.50. The third kappa shape index (κ3) is 1.64. The van der Waals surface area contributed by atoms with Crippen molar-refractivity contribution in [3.8, 4) is 5.75 Å². The normalized spacial score (nSPS) is 11.9. The molecule has 1 heterocycles. The Hall–Kier alpha value is -0.210. The first-order valence-corrected chi connectivity index (χ1v) is 3.90. The predicted octanol–water partition coefficient (Wildman–Crippen LogP) is 2.38. The molecule has 1 N–H and O–H groups in total. The Kier molecular flexibility index (Phi) is 1.92. The average Bonchev–Trinajstić information content (AvgIpc) is 2.11. The van der Waals surface area contributed by atoms with Gasteiger partial charge in [0.1, 0.15) is 5.75 Å². The van der Waals surface area contributed by atoms with Gasteiger partial charge in [-0.25, -0.2) is 0 Å². The van der Waals surface area contributed by atoms with E-state index in [0.717, 1.165) is 17.4 Å². The van der Waals surface area contributed by atoms with Crippen LogP contribution in [0.5, 0.6) is 5.75 Å². The zero-order valence-corrected chi connectivity index (χ0v) is 6.81. The second kappa shape index (κ2) is 2.44. The maximum absolute atomic E-state index is 12.3. The van der Waals surface area contributed by atoms with Crippen LogP contribution in [0.2, 0.25) is 0 Å². The summed E-state index contributed by atoms with van der Waals surface area (Å²) < 4.78 is 24.7. The van der Waals surface area contributed by atoms with Gasteiger partial charge in [0.15, 0.2) is 0 Å². The van der Waals surface area contributed by atoms with Gasteiger partial charge in [0, 0.05) is 11.4 Å². The number of aromatic hydroxyl groups is 1. The fourth-order valence-corrected chi connectivity index (χ4v) is 1.45. The van der Waals surface area contributed by atoms with Crippen LogP contribution in [0, 0.1) is 0 Å². The Balaban J connectivity index is 2.96. The van der Waals surface area contributed by atoms with Crippen LogP contribution in [0.3, 0.4) is 0 Å². The first-order valence-electron chi connectivity index (χ1n) is 2.45. The Labute approximate surface area is 62.9 Å². The number of thiophene rings is 1. The second-order valence-corrected chi connectivity index (χ2v) is 3.43. The summed E-state index contributed by atoms with van der Waals surface area (Å²) in [6.07, 6.45) is 0. The molecule has 0 aromatic carbocycles. The van der Waals surface area contributed by atoms with Gasteiger partial charge in [0.05, 0.1) is 4.88 Å². The lowest BCUT2D eigenvalue weighted by Gasteiger charge is -2.04. The van der Waals surface area contributed by atoms with Crippen molar-refractivity contribution in [1.82, 2.24) is 0 Å². The van der Waals surface area contributed by atoms with Crippen LogP contribution in [0.25, 0.3) is 0 Å². The molecular weight excluding hydrogens is 177 g/mol. The van der Waals surface area contributed by atoms with Crippen molar-refractivity contribution in [1.29, 1.82) is 0 Å². The van der Waals surface area contributed by atoms with Crippen LogP contribution in [0.4, 0.5) is 8.78 Å². The maximum Gasteiger partial charge on any atom is 0.292 e. The van der Waals surface area contributed by atoms with Crippen LogP contribution in [-0.2, 0) is 5.66 Å². The largest absolute Gasteiger partial charge is 0.507 e. The third-order valence-electron chi connectivity index (χ3n) is 0.914. The van der Waals surface area contributed by atoms with E-state index in [2.05, 4.69) is 0 Å². The van der Waals surface area contributed by atoms with E-state index in [1.807, 2.05) is 0 Å². The molecule has 5 heteroatoms. The van der Waals surface area contributed by atoms with Crippen LogP contribution >= 0.6 is 20.6 Å². The fraction of sp³-hybridized carbons (Fsp3) is 0.200. The lowest BCUT2D eigenvalue weighted by molar-refractivity contribution is 0.108. The average molecular weight is 182 g/mol. The summed E-state index contributed by atoms with van der Waals surface area (Å²) in [4.78, 5) is -0.144. The van der Waals surface area contributed by atoms with Crippen molar-refractivity contribution in [2.75, 3.05) is 0 Å². The van der Waals surface area contributed by atoms with Gasteiger partial charge < -0.3 is 5.11 Å². The van der Waals surface area contributed by atoms with Crippen molar-refractivity contribution in [2.45, 2.75) is 5.66 Å². The molecule has 0 spiro atoms. The van der Waals surface area contributed by atoms with Gasteiger partial charge in [-0.15, -0.1) is 11.3 Å². The predicted molar refractivity (Wildman–Crippen MR) is 39.6 cm³/mol. The molecule has 1 rings (SSSR count). The monoisotopic (exact) mass is 182 g/mol. The van der Waals surface area contributed by atoms with E-state index in [-0.39, 0.29) is 10.6 Å². The molecule has 56 valence electrons. The molecule has 10 heavy (non-hydrogen) atoms. The smallest absolute Gasteiger partial charge is 0.292 e. The highest BCUT2D eigenvalue weighted by molar-refractivity contribution is 7.20. The Morgan fingerprint density at radius 3 is 2.40 bits per heavy atom. The molecule has 0 saturated carbocycles. The van der Waals surface area contributed by atoms with Gasteiger partial charge in [-0.3, -0.25) is 0 Å². The molecule has 0 aliphatic carbocycles. The van der Waals surface area contributed by atoms with Gasteiger partial charge in [0.25, 0.3) is 5.66 Å². The highest BCUT2D eigenvalue weighted by Gasteiger charge is 2.26. The Morgan fingerprint density at radius 2 is 2.20 bits per heavy atom. The standard InChI is InChI=1S/C5H5F2OPS/c6-5(7,9)4-1-3(8)2-10-4/h1-2,8H,9H2. The van der Waals surface area contributed by atoms with E-state index in [0.29, 0.717) is 0 Å². The van der Waals surface area contributed by atoms with E-state index in [1.165, 1.54) is 14.6 Å². The molecule has 1 unspecified atom stereocenters. The Morgan fingerprint density at radius 1 is 1.60 bits per heavy atom. The van der Waals surface area contributed by atoms with E-state index < -0.39 is 5.66 Å². The summed E-state index contributed by atoms with van der Waals surface area (Å²) in [5.41, 5.74) is -2.91. The highest BCUT2D eigenvalue weighted by atomic mass is 32.1. The van der Waals surface area contributed by atoms with Crippen molar-refractivity contribution in [3.05, 3.63) is 16.3 Å². The van der Waals surface area contributed by atoms with E-state index in [4.69, 9.17) is 5.11 Å². The summed E-state index contributed by atoms with van der Waals surface area (Å²) in [6, 6.07) is 1.05. The zero-order valence-electron chi connectivity index (χ0n) is 4.84. The topological polar surface area (TPSA) is 20.2 Å². The lowest BCUT2D eigenvalue weighted by atomic mass is 10.4. The molecule has 0 aliphatic heterocycles. The van der Waals surface area contributed by atoms with E-state index in [9.17, 15) is 8.78 Å². The number of hydrogen-bond donors (Lipinski definition) is 1. The molecule has 0 fully saturated rings. The van der Waals surface area contributed by atoms with Gasteiger partial charge in [0.2, 0.25) is 0 Å². The third-order valence-corrected chi connectivity index (χ3v) is 2.44. The highest BCUT2D eigenvalue weighted by Crippen LogP contribution is 2.39. The summed E-state index contributed by atoms with van der Waals surface area (Å²) in [5, 5.41) is 9.96. The minimum Gasteiger partial charge on any atom is -0.507 e. The molecule has 0 aliphatic rings. The summed E-state index contributed by atoms with van der Waals surface area (Å²) >= 11 is 0.836. The quantitative estimate of drug-likeness (QED) is 0.661. The second-order valence-electron chi connectivity index (χ2n) is 1.79. The number of hydrogen-bond acceptors (Lipinski definition) is 2. The minimum atomic E-state index is -2.91. The first kappa shape index (κ1) is 7.89. The summed E-state index contributed by atoms with van der Waals surface area (Å²) in [7, 11) is 1.41. The SMILES string of the molecule is Oc1csc(C(F)(F)P)c1. The van der Waals surface area contributed by atoms with E-state index in [1.54, 1.807) is 0 Å². The molecule has 0 radical (unpaired) electrons. The summed E-state index contributed by atoms with van der Waals surface area (Å²) in [5.74, 6) is -0.109. The van der Waals surface area contributed by atoms with E-state index >= 15 is 0 Å². The maximum atomic E-state index is 12.3. The van der Waals surface area contributed by atoms with Gasteiger partial charge in [-0.1, -0.05) is 9.24 Å². The number of rotatable bonds is 1. The molecule has 0 saturated heterocycles. The fourth-order valence-electron chi connectivity index (χ4n) is 0.501. The number of alkyl halides is 2. The molecule has 1 atom stereocenters. The van der Waals surface area contributed by atoms with Gasteiger partial charge in [-0.2, -0.15) is 8.78 Å². The summed E-state index contributed by atoms with van der Waals surface area (Å²) in [6.45, 7) is 0. The van der Waals surface area contributed by atoms with Crippen LogP contribution in [0.1, 0.15) is 4.88 Å². The van der Waals surface area contributed by atoms with Crippen LogP contribution in [0.15, 0.2) is 11.4 Å². The Bertz CT molecular complexity index is 230. The van der Waals surface area contributed by atoms with Crippen molar-refractivity contribution in [2.24, 2.45) is 0 Å². The van der Waals surface area contributed by atoms with Crippen LogP contribution < -0.4 is 0 Å². The van der Waals surface area contributed by atoms with Crippen molar-refractivity contribution < 1.29 is 13.9 Å². The molecule has 1 aromatic heterocycles. The molecule has 0 bridgehead atoms. The van der Waals surface area contributed by atoms with Gasteiger partial charge >= 0.3 is 0 Å². The molecule has 0 amide bonds. The van der Waals surface area contributed by atoms with Crippen molar-refractivity contribution >= 4 is 20.6 Å². The lowest BCUT2D eigenvalue weighted by Crippen LogP contribution is -1.97. The molecular formula is C5H5F2OPS. The number of halogens is 2.